The van der Waals surface area contributed by atoms with E-state index in [0.29, 0.717) is 12.4 Å². The Morgan fingerprint density at radius 1 is 1.42 bits per heavy atom. The van der Waals surface area contributed by atoms with Crippen molar-refractivity contribution in [3.05, 3.63) is 29.8 Å². The molecule has 5 nitrogen and oxygen atoms in total. The Morgan fingerprint density at radius 2 is 2.26 bits per heavy atom. The van der Waals surface area contributed by atoms with E-state index in [4.69, 9.17) is 0 Å². The van der Waals surface area contributed by atoms with Crippen molar-refractivity contribution in [2.45, 2.75) is 19.8 Å². The van der Waals surface area contributed by atoms with Crippen LogP contribution in [0.4, 0.5) is 5.69 Å². The van der Waals surface area contributed by atoms with Gasteiger partial charge in [0.25, 0.3) is 0 Å². The molecule has 2 aliphatic heterocycles. The lowest BCUT2D eigenvalue weighted by Crippen LogP contribution is -2.47. The standard InChI is InChI=1S/C14H16N4O/c1-2-5-12(19)17-14-16-11-7-4-3-6-10(11)13-15-8-9-18(13)14/h3-4,6-7H,2,5,8-9H2,1H3,(H,16,17,19). The number of hydrogen-bond acceptors (Lipinski definition) is 4. The van der Waals surface area contributed by atoms with E-state index in [2.05, 4.69) is 15.3 Å². The number of fused-ring (bicyclic) bond motifs is 3. The molecule has 3 rings (SSSR count). The zero-order valence-corrected chi connectivity index (χ0v) is 10.9. The van der Waals surface area contributed by atoms with Gasteiger partial charge in [0.15, 0.2) is 0 Å². The molecule has 5 heteroatoms. The number of hydrogen-bond donors (Lipinski definition) is 1. The van der Waals surface area contributed by atoms with Crippen LogP contribution < -0.4 is 5.32 Å². The molecule has 2 aliphatic rings. The van der Waals surface area contributed by atoms with Crippen molar-refractivity contribution >= 4 is 23.4 Å². The van der Waals surface area contributed by atoms with Crippen molar-refractivity contribution in [2.24, 2.45) is 9.98 Å². The third kappa shape index (κ3) is 2.12. The minimum atomic E-state index is 0.00637. The van der Waals surface area contributed by atoms with Gasteiger partial charge in [0.05, 0.1) is 12.2 Å². The number of nitrogens with one attached hydrogen (secondary N) is 1. The summed E-state index contributed by atoms with van der Waals surface area (Å²) in [5.41, 5.74) is 1.90. The Morgan fingerprint density at radius 3 is 3.11 bits per heavy atom. The summed E-state index contributed by atoms with van der Waals surface area (Å²) >= 11 is 0. The number of guanidine groups is 1. The first-order chi connectivity index (χ1) is 9.29. The molecule has 0 radical (unpaired) electrons. The molecule has 98 valence electrons. The van der Waals surface area contributed by atoms with Crippen LogP contribution in [0.1, 0.15) is 25.3 Å². The molecular formula is C14H16N4O. The third-order valence-electron chi connectivity index (χ3n) is 3.20. The van der Waals surface area contributed by atoms with Crippen molar-refractivity contribution < 1.29 is 4.79 Å². The van der Waals surface area contributed by atoms with Gasteiger partial charge in [-0.3, -0.25) is 20.0 Å². The Kier molecular flexibility index (Phi) is 3.03. The van der Waals surface area contributed by atoms with E-state index in [1.165, 1.54) is 0 Å². The van der Waals surface area contributed by atoms with Crippen molar-refractivity contribution in [1.82, 2.24) is 10.2 Å². The zero-order chi connectivity index (χ0) is 13.2. The molecule has 0 bridgehead atoms. The first-order valence-electron chi connectivity index (χ1n) is 6.59. The van der Waals surface area contributed by atoms with Gasteiger partial charge in [-0.05, 0) is 18.6 Å². The molecule has 0 aromatic heterocycles. The number of nitrogens with zero attached hydrogens (tertiary/aromatic N) is 3. The molecule has 1 aromatic carbocycles. The summed E-state index contributed by atoms with van der Waals surface area (Å²) in [4.78, 5) is 22.8. The molecule has 0 aliphatic carbocycles. The van der Waals surface area contributed by atoms with Gasteiger partial charge in [0.2, 0.25) is 11.9 Å². The van der Waals surface area contributed by atoms with E-state index in [0.717, 1.165) is 36.6 Å². The van der Waals surface area contributed by atoms with E-state index >= 15 is 0 Å². The van der Waals surface area contributed by atoms with Crippen LogP contribution in [0, 0.1) is 0 Å². The van der Waals surface area contributed by atoms with Gasteiger partial charge in [-0.1, -0.05) is 19.1 Å². The smallest absolute Gasteiger partial charge is 0.226 e. The molecule has 2 heterocycles. The van der Waals surface area contributed by atoms with Gasteiger partial charge in [-0.2, -0.15) is 0 Å². The first-order valence-corrected chi connectivity index (χ1v) is 6.59. The maximum Gasteiger partial charge on any atom is 0.226 e. The van der Waals surface area contributed by atoms with Gasteiger partial charge in [0, 0.05) is 18.5 Å². The monoisotopic (exact) mass is 256 g/mol. The topological polar surface area (TPSA) is 57.1 Å². The molecule has 0 unspecified atom stereocenters. The molecule has 0 spiro atoms. The fourth-order valence-corrected chi connectivity index (χ4v) is 2.33. The second-order valence-electron chi connectivity index (χ2n) is 4.61. The summed E-state index contributed by atoms with van der Waals surface area (Å²) in [7, 11) is 0. The summed E-state index contributed by atoms with van der Waals surface area (Å²) in [6.45, 7) is 3.50. The van der Waals surface area contributed by atoms with Crippen molar-refractivity contribution in [3.8, 4) is 0 Å². The predicted molar refractivity (Wildman–Crippen MR) is 74.7 cm³/mol. The summed E-state index contributed by atoms with van der Waals surface area (Å²) in [5, 5.41) is 2.89. The summed E-state index contributed by atoms with van der Waals surface area (Å²) in [5.74, 6) is 1.53. The molecule has 0 saturated heterocycles. The van der Waals surface area contributed by atoms with Gasteiger partial charge < -0.3 is 0 Å². The van der Waals surface area contributed by atoms with Crippen LogP contribution in [0.3, 0.4) is 0 Å². The largest absolute Gasteiger partial charge is 0.296 e. The van der Waals surface area contributed by atoms with E-state index in [-0.39, 0.29) is 5.91 Å². The van der Waals surface area contributed by atoms with Crippen molar-refractivity contribution in [3.63, 3.8) is 0 Å². The molecular weight excluding hydrogens is 240 g/mol. The SMILES string of the molecule is CCCC(=O)NC1=Nc2ccccc2C2=NCCN12. The fourth-order valence-electron chi connectivity index (χ4n) is 2.33. The molecule has 19 heavy (non-hydrogen) atoms. The zero-order valence-electron chi connectivity index (χ0n) is 10.9. The van der Waals surface area contributed by atoms with E-state index < -0.39 is 0 Å². The van der Waals surface area contributed by atoms with Crippen LogP contribution in [0.2, 0.25) is 0 Å². The number of aliphatic imine (C=N–C) groups is 2. The van der Waals surface area contributed by atoms with Crippen LogP contribution in [-0.4, -0.2) is 35.7 Å². The molecule has 0 saturated carbocycles. The normalized spacial score (nSPS) is 16.4. The minimum Gasteiger partial charge on any atom is -0.296 e. The third-order valence-corrected chi connectivity index (χ3v) is 3.20. The highest BCUT2D eigenvalue weighted by Crippen LogP contribution is 2.27. The lowest BCUT2D eigenvalue weighted by molar-refractivity contribution is -0.119. The molecule has 0 atom stereocenters. The van der Waals surface area contributed by atoms with Gasteiger partial charge in [0.1, 0.15) is 5.84 Å². The van der Waals surface area contributed by atoms with Crippen molar-refractivity contribution in [1.29, 1.82) is 0 Å². The van der Waals surface area contributed by atoms with Crippen LogP contribution >= 0.6 is 0 Å². The van der Waals surface area contributed by atoms with Crippen LogP contribution in [0.15, 0.2) is 34.3 Å². The highest BCUT2D eigenvalue weighted by Gasteiger charge is 2.29. The fraction of sp³-hybridized carbons (Fsp3) is 0.357. The second-order valence-corrected chi connectivity index (χ2v) is 4.61. The number of para-hydroxylation sites is 1. The van der Waals surface area contributed by atoms with Crippen LogP contribution in [0.25, 0.3) is 0 Å². The lowest BCUT2D eigenvalue weighted by atomic mass is 10.1. The number of rotatable bonds is 2. The van der Waals surface area contributed by atoms with Gasteiger partial charge in [-0.25, -0.2) is 4.99 Å². The highest BCUT2D eigenvalue weighted by molar-refractivity contribution is 6.17. The predicted octanol–water partition coefficient (Wildman–Crippen LogP) is 1.67. The quantitative estimate of drug-likeness (QED) is 0.875. The lowest BCUT2D eigenvalue weighted by Gasteiger charge is -2.27. The van der Waals surface area contributed by atoms with Crippen LogP contribution in [-0.2, 0) is 4.79 Å². The summed E-state index contributed by atoms with van der Waals surface area (Å²) in [6, 6.07) is 7.88. The summed E-state index contributed by atoms with van der Waals surface area (Å²) in [6.07, 6.45) is 1.34. The highest BCUT2D eigenvalue weighted by atomic mass is 16.1. The maximum absolute atomic E-state index is 11.8. The average Bonchev–Trinajstić information content (AvgIpc) is 2.89. The average molecular weight is 256 g/mol. The number of amidine groups is 1. The first kappa shape index (κ1) is 11.9. The number of benzene rings is 1. The van der Waals surface area contributed by atoms with Gasteiger partial charge in [-0.15, -0.1) is 0 Å². The Balaban J connectivity index is 1.95. The molecule has 1 aromatic rings. The number of carbonyl (C=O) groups is 1. The van der Waals surface area contributed by atoms with E-state index in [9.17, 15) is 4.79 Å². The molecule has 1 amide bonds. The summed E-state index contributed by atoms with van der Waals surface area (Å²) < 4.78 is 0. The second kappa shape index (κ2) is 4.84. The Hall–Kier alpha value is -2.17. The maximum atomic E-state index is 11.8. The van der Waals surface area contributed by atoms with Crippen LogP contribution in [0.5, 0.6) is 0 Å². The number of carbonyl (C=O) groups excluding carboxylic acids is 1. The Bertz CT molecular complexity index is 577. The number of amides is 1. The molecule has 0 fully saturated rings. The van der Waals surface area contributed by atoms with Gasteiger partial charge >= 0.3 is 0 Å². The van der Waals surface area contributed by atoms with Crippen molar-refractivity contribution in [2.75, 3.05) is 13.1 Å². The minimum absolute atomic E-state index is 0.00637. The van der Waals surface area contributed by atoms with E-state index in [1.54, 1.807) is 0 Å². The van der Waals surface area contributed by atoms with E-state index in [1.807, 2.05) is 36.1 Å². The molecule has 1 N–H and O–H groups in total. The Labute approximate surface area is 112 Å².